The fourth-order valence-electron chi connectivity index (χ4n) is 2.69. The maximum atomic E-state index is 12.2. The van der Waals surface area contributed by atoms with E-state index in [-0.39, 0.29) is 6.03 Å². The Morgan fingerprint density at radius 1 is 1.26 bits per heavy atom. The van der Waals surface area contributed by atoms with Gasteiger partial charge in [0.2, 0.25) is 0 Å². The highest BCUT2D eigenvalue weighted by Crippen LogP contribution is 2.23. The quantitative estimate of drug-likeness (QED) is 0.829. The van der Waals surface area contributed by atoms with Crippen LogP contribution in [0.1, 0.15) is 32.1 Å². The van der Waals surface area contributed by atoms with Crippen LogP contribution in [0, 0.1) is 5.92 Å². The van der Waals surface area contributed by atoms with Crippen LogP contribution in [-0.4, -0.2) is 52.6 Å². The molecule has 2 aliphatic heterocycles. The minimum absolute atomic E-state index is 0.203. The number of likely N-dealkylation sites (tertiary alicyclic amines) is 1. The smallest absolute Gasteiger partial charge is 0.326 e. The third kappa shape index (κ3) is 4.03. The Morgan fingerprint density at radius 2 is 2.11 bits per heavy atom. The number of hydrogen-bond acceptors (Lipinski definition) is 3. The van der Waals surface area contributed by atoms with Crippen LogP contribution in [0.4, 0.5) is 4.79 Å². The zero-order chi connectivity index (χ0) is 13.7. The fraction of sp³-hybridized carbons (Fsp3) is 0.846. The van der Waals surface area contributed by atoms with E-state index in [1.165, 1.54) is 10.7 Å². The van der Waals surface area contributed by atoms with Crippen LogP contribution in [-0.2, 0) is 4.79 Å². The SMILES string of the molecule is O=C(O)C1CCCCCN1C(=O)NCC1CCSC1. The molecule has 0 spiro atoms. The summed E-state index contributed by atoms with van der Waals surface area (Å²) in [4.78, 5) is 24.9. The summed E-state index contributed by atoms with van der Waals surface area (Å²) in [7, 11) is 0. The third-order valence-electron chi connectivity index (χ3n) is 3.86. The molecule has 0 aromatic carbocycles. The van der Waals surface area contributed by atoms with Gasteiger partial charge in [-0.1, -0.05) is 12.8 Å². The molecule has 0 radical (unpaired) electrons. The molecule has 0 aromatic heterocycles. The Balaban J connectivity index is 1.88. The van der Waals surface area contributed by atoms with E-state index < -0.39 is 12.0 Å². The van der Waals surface area contributed by atoms with Crippen LogP contribution in [0.25, 0.3) is 0 Å². The molecular weight excluding hydrogens is 264 g/mol. The number of hydrogen-bond donors (Lipinski definition) is 2. The van der Waals surface area contributed by atoms with E-state index in [2.05, 4.69) is 5.32 Å². The normalized spacial score (nSPS) is 27.9. The molecule has 0 bridgehead atoms. The highest BCUT2D eigenvalue weighted by Gasteiger charge is 2.31. The summed E-state index contributed by atoms with van der Waals surface area (Å²) in [6.07, 6.45) is 4.51. The van der Waals surface area contributed by atoms with Gasteiger partial charge < -0.3 is 15.3 Å². The number of carbonyl (C=O) groups is 2. The second kappa shape index (κ2) is 7.03. The van der Waals surface area contributed by atoms with E-state index in [0.717, 1.165) is 31.4 Å². The summed E-state index contributed by atoms with van der Waals surface area (Å²) in [6, 6.07) is -0.855. The van der Waals surface area contributed by atoms with Gasteiger partial charge >= 0.3 is 12.0 Å². The zero-order valence-corrected chi connectivity index (χ0v) is 12.0. The molecule has 0 aliphatic carbocycles. The first-order valence-corrected chi connectivity index (χ1v) is 8.19. The van der Waals surface area contributed by atoms with Gasteiger partial charge in [-0.3, -0.25) is 0 Å². The number of rotatable bonds is 3. The summed E-state index contributed by atoms with van der Waals surface area (Å²) >= 11 is 1.92. The summed E-state index contributed by atoms with van der Waals surface area (Å²) < 4.78 is 0. The van der Waals surface area contributed by atoms with Crippen LogP contribution in [0.3, 0.4) is 0 Å². The van der Waals surface area contributed by atoms with Gasteiger partial charge in [0.05, 0.1) is 0 Å². The van der Waals surface area contributed by atoms with Gasteiger partial charge in [0.25, 0.3) is 0 Å². The lowest BCUT2D eigenvalue weighted by atomic mass is 10.1. The monoisotopic (exact) mass is 286 g/mol. The summed E-state index contributed by atoms with van der Waals surface area (Å²) in [5.41, 5.74) is 0. The van der Waals surface area contributed by atoms with Gasteiger partial charge in [-0.05, 0) is 36.7 Å². The highest BCUT2D eigenvalue weighted by molar-refractivity contribution is 7.99. The second-order valence-electron chi connectivity index (χ2n) is 5.31. The molecule has 2 heterocycles. The molecule has 2 aliphatic rings. The zero-order valence-electron chi connectivity index (χ0n) is 11.1. The van der Waals surface area contributed by atoms with Crippen molar-refractivity contribution in [1.29, 1.82) is 0 Å². The van der Waals surface area contributed by atoms with Gasteiger partial charge in [-0.15, -0.1) is 0 Å². The first-order chi connectivity index (χ1) is 9.18. The van der Waals surface area contributed by atoms with Crippen molar-refractivity contribution >= 4 is 23.8 Å². The van der Waals surface area contributed by atoms with E-state index in [0.29, 0.717) is 25.4 Å². The van der Waals surface area contributed by atoms with E-state index in [1.54, 1.807) is 0 Å². The molecule has 19 heavy (non-hydrogen) atoms. The molecule has 0 aromatic rings. The minimum atomic E-state index is -0.881. The molecule has 5 nitrogen and oxygen atoms in total. The van der Waals surface area contributed by atoms with Crippen molar-refractivity contribution in [3.05, 3.63) is 0 Å². The molecule has 6 heteroatoms. The Kier molecular flexibility index (Phi) is 5.36. The number of carboxylic acids is 1. The van der Waals surface area contributed by atoms with Gasteiger partial charge in [-0.25, -0.2) is 9.59 Å². The fourth-order valence-corrected chi connectivity index (χ4v) is 3.97. The summed E-state index contributed by atoms with van der Waals surface area (Å²) in [5.74, 6) is 1.93. The van der Waals surface area contributed by atoms with Gasteiger partial charge in [-0.2, -0.15) is 11.8 Å². The van der Waals surface area contributed by atoms with Gasteiger partial charge in [0, 0.05) is 13.1 Å². The van der Waals surface area contributed by atoms with Crippen LogP contribution >= 0.6 is 11.8 Å². The van der Waals surface area contributed by atoms with Crippen molar-refractivity contribution in [3.63, 3.8) is 0 Å². The number of nitrogens with one attached hydrogen (secondary N) is 1. The Bertz CT molecular complexity index is 332. The maximum absolute atomic E-state index is 12.2. The first-order valence-electron chi connectivity index (χ1n) is 7.03. The van der Waals surface area contributed by atoms with Crippen molar-refractivity contribution in [1.82, 2.24) is 10.2 Å². The lowest BCUT2D eigenvalue weighted by Crippen LogP contribution is -2.50. The largest absolute Gasteiger partial charge is 0.480 e. The molecule has 2 amide bonds. The molecule has 2 rings (SSSR count). The molecule has 2 atom stereocenters. The predicted octanol–water partition coefficient (Wildman–Crippen LogP) is 1.78. The predicted molar refractivity (Wildman–Crippen MR) is 75.4 cm³/mol. The number of carboxylic acid groups (broad SMARTS) is 1. The summed E-state index contributed by atoms with van der Waals surface area (Å²) in [5, 5.41) is 12.2. The molecule has 2 fully saturated rings. The number of amides is 2. The minimum Gasteiger partial charge on any atom is -0.480 e. The van der Waals surface area contributed by atoms with E-state index in [1.807, 2.05) is 11.8 Å². The molecule has 2 unspecified atom stereocenters. The lowest BCUT2D eigenvalue weighted by molar-refractivity contribution is -0.142. The number of carbonyl (C=O) groups excluding carboxylic acids is 1. The first kappa shape index (κ1) is 14.5. The highest BCUT2D eigenvalue weighted by atomic mass is 32.2. The van der Waals surface area contributed by atoms with Gasteiger partial charge in [0.1, 0.15) is 6.04 Å². The molecular formula is C13H22N2O3S. The van der Waals surface area contributed by atoms with Gasteiger partial charge in [0.15, 0.2) is 0 Å². The van der Waals surface area contributed by atoms with Crippen molar-refractivity contribution < 1.29 is 14.7 Å². The van der Waals surface area contributed by atoms with Crippen LogP contribution in [0.5, 0.6) is 0 Å². The van der Waals surface area contributed by atoms with Crippen LogP contribution in [0.2, 0.25) is 0 Å². The third-order valence-corrected chi connectivity index (χ3v) is 5.10. The van der Waals surface area contributed by atoms with Crippen molar-refractivity contribution in [2.24, 2.45) is 5.92 Å². The topological polar surface area (TPSA) is 69.6 Å². The maximum Gasteiger partial charge on any atom is 0.326 e. The molecule has 0 saturated carbocycles. The number of aliphatic carboxylic acids is 1. The Morgan fingerprint density at radius 3 is 2.79 bits per heavy atom. The second-order valence-corrected chi connectivity index (χ2v) is 6.46. The Hall–Kier alpha value is -0.910. The summed E-state index contributed by atoms with van der Waals surface area (Å²) in [6.45, 7) is 1.23. The number of nitrogens with zero attached hydrogens (tertiary/aromatic N) is 1. The lowest BCUT2D eigenvalue weighted by Gasteiger charge is -2.27. The van der Waals surface area contributed by atoms with Crippen molar-refractivity contribution in [3.8, 4) is 0 Å². The molecule has 2 saturated heterocycles. The van der Waals surface area contributed by atoms with Crippen LogP contribution in [0.15, 0.2) is 0 Å². The number of thioether (sulfide) groups is 1. The average Bonchev–Trinajstić information content (AvgIpc) is 2.77. The van der Waals surface area contributed by atoms with E-state index >= 15 is 0 Å². The van der Waals surface area contributed by atoms with E-state index in [4.69, 9.17) is 0 Å². The number of urea groups is 1. The standard InChI is InChI=1S/C13H22N2O3S/c16-12(17)11-4-2-1-3-6-15(11)13(18)14-8-10-5-7-19-9-10/h10-11H,1-9H2,(H,14,18)(H,16,17). The van der Waals surface area contributed by atoms with Crippen molar-refractivity contribution in [2.75, 3.05) is 24.6 Å². The van der Waals surface area contributed by atoms with Crippen LogP contribution < -0.4 is 5.32 Å². The van der Waals surface area contributed by atoms with E-state index in [9.17, 15) is 14.7 Å². The average molecular weight is 286 g/mol. The molecule has 2 N–H and O–H groups in total. The van der Waals surface area contributed by atoms with Crippen molar-refractivity contribution in [2.45, 2.75) is 38.1 Å². The Labute approximate surface area is 118 Å². The molecule has 108 valence electrons.